The molecular formula is C10H13N3OS. The van der Waals surface area contributed by atoms with Gasteiger partial charge < -0.3 is 9.73 Å². The summed E-state index contributed by atoms with van der Waals surface area (Å²) in [5.74, 6) is 0.780. The van der Waals surface area contributed by atoms with Crippen LogP contribution in [-0.4, -0.2) is 16.7 Å². The number of rotatable bonds is 4. The zero-order chi connectivity index (χ0) is 10.7. The van der Waals surface area contributed by atoms with Crippen molar-refractivity contribution in [1.82, 2.24) is 15.5 Å². The van der Waals surface area contributed by atoms with Gasteiger partial charge in [0.15, 0.2) is 10.8 Å². The highest BCUT2D eigenvalue weighted by Gasteiger charge is 2.13. The molecule has 4 nitrogen and oxygen atoms in total. The van der Waals surface area contributed by atoms with Gasteiger partial charge in [0, 0.05) is 0 Å². The molecule has 0 fully saturated rings. The van der Waals surface area contributed by atoms with Gasteiger partial charge in [-0.3, -0.25) is 0 Å². The van der Waals surface area contributed by atoms with E-state index in [0.717, 1.165) is 22.3 Å². The van der Waals surface area contributed by atoms with Gasteiger partial charge in [-0.05, 0) is 25.6 Å². The molecule has 80 valence electrons. The third-order valence-electron chi connectivity index (χ3n) is 2.05. The Balaban J connectivity index is 2.17. The molecule has 0 saturated heterocycles. The minimum absolute atomic E-state index is 0.246. The second kappa shape index (κ2) is 4.55. The fraction of sp³-hybridized carbons (Fsp3) is 0.400. The molecule has 0 aliphatic carbocycles. The summed E-state index contributed by atoms with van der Waals surface area (Å²) in [5.41, 5.74) is 0. The molecule has 2 aromatic rings. The highest BCUT2D eigenvalue weighted by molar-refractivity contribution is 7.14. The number of nitrogens with one attached hydrogen (secondary N) is 1. The van der Waals surface area contributed by atoms with Crippen LogP contribution in [0.4, 0.5) is 0 Å². The summed E-state index contributed by atoms with van der Waals surface area (Å²) in [6, 6.07) is 3.99. The number of hydrogen-bond donors (Lipinski definition) is 1. The molecule has 0 amide bonds. The number of nitrogens with zero attached hydrogens (tertiary/aromatic N) is 2. The van der Waals surface area contributed by atoms with Crippen LogP contribution < -0.4 is 5.32 Å². The minimum Gasteiger partial charge on any atom is -0.462 e. The fourth-order valence-corrected chi connectivity index (χ4v) is 2.14. The molecule has 0 aromatic carbocycles. The third-order valence-corrected chi connectivity index (χ3v) is 3.17. The largest absolute Gasteiger partial charge is 0.462 e. The standard InChI is InChI=1S/C10H13N3OS/c1-3-11-7(2)9-12-13-10(15-9)8-5-4-6-14-8/h4-7,11H,3H2,1-2H3. The zero-order valence-corrected chi connectivity index (χ0v) is 9.54. The molecule has 1 unspecified atom stereocenters. The molecule has 0 saturated carbocycles. The van der Waals surface area contributed by atoms with Crippen molar-refractivity contribution in [1.29, 1.82) is 0 Å². The third kappa shape index (κ3) is 2.24. The zero-order valence-electron chi connectivity index (χ0n) is 8.73. The smallest absolute Gasteiger partial charge is 0.183 e. The van der Waals surface area contributed by atoms with Crippen LogP contribution in [0.3, 0.4) is 0 Å². The number of aromatic nitrogens is 2. The Morgan fingerprint density at radius 1 is 1.53 bits per heavy atom. The molecule has 5 heteroatoms. The van der Waals surface area contributed by atoms with E-state index in [9.17, 15) is 0 Å². The normalized spacial score (nSPS) is 12.9. The molecule has 1 N–H and O–H groups in total. The molecule has 0 bridgehead atoms. The quantitative estimate of drug-likeness (QED) is 0.865. The van der Waals surface area contributed by atoms with Crippen molar-refractivity contribution in [2.24, 2.45) is 0 Å². The van der Waals surface area contributed by atoms with Crippen LogP contribution in [0.15, 0.2) is 22.8 Å². The molecule has 0 spiro atoms. The topological polar surface area (TPSA) is 51.0 Å². The highest BCUT2D eigenvalue weighted by atomic mass is 32.1. The van der Waals surface area contributed by atoms with E-state index in [1.54, 1.807) is 17.6 Å². The van der Waals surface area contributed by atoms with Crippen molar-refractivity contribution >= 4 is 11.3 Å². The van der Waals surface area contributed by atoms with Crippen molar-refractivity contribution in [3.63, 3.8) is 0 Å². The van der Waals surface area contributed by atoms with E-state index in [1.165, 1.54) is 0 Å². The first-order valence-corrected chi connectivity index (χ1v) is 5.73. The van der Waals surface area contributed by atoms with Crippen LogP contribution >= 0.6 is 11.3 Å². The van der Waals surface area contributed by atoms with Crippen LogP contribution in [0.25, 0.3) is 10.8 Å². The van der Waals surface area contributed by atoms with E-state index in [0.29, 0.717) is 0 Å². The molecule has 0 aliphatic rings. The van der Waals surface area contributed by atoms with Crippen molar-refractivity contribution in [2.45, 2.75) is 19.9 Å². The maximum Gasteiger partial charge on any atom is 0.183 e. The Bertz CT molecular complexity index is 410. The number of hydrogen-bond acceptors (Lipinski definition) is 5. The lowest BCUT2D eigenvalue weighted by Gasteiger charge is -2.06. The van der Waals surface area contributed by atoms with Crippen LogP contribution in [0, 0.1) is 0 Å². The Labute approximate surface area is 92.3 Å². The maximum atomic E-state index is 5.26. The minimum atomic E-state index is 0.246. The molecule has 2 heterocycles. The van der Waals surface area contributed by atoms with E-state index >= 15 is 0 Å². The average Bonchev–Trinajstić information content (AvgIpc) is 2.89. The first-order chi connectivity index (χ1) is 7.31. The summed E-state index contributed by atoms with van der Waals surface area (Å²) in [4.78, 5) is 0. The molecule has 2 rings (SSSR count). The average molecular weight is 223 g/mol. The predicted octanol–water partition coefficient (Wildman–Crippen LogP) is 2.47. The molecular weight excluding hydrogens is 210 g/mol. The SMILES string of the molecule is CCNC(C)c1nnc(-c2ccco2)s1. The van der Waals surface area contributed by atoms with Gasteiger partial charge in [-0.15, -0.1) is 10.2 Å². The monoisotopic (exact) mass is 223 g/mol. The Morgan fingerprint density at radius 2 is 2.40 bits per heavy atom. The summed E-state index contributed by atoms with van der Waals surface area (Å²) in [6.45, 7) is 5.08. The summed E-state index contributed by atoms with van der Waals surface area (Å²) < 4.78 is 5.26. The van der Waals surface area contributed by atoms with Gasteiger partial charge in [-0.1, -0.05) is 18.3 Å². The first kappa shape index (κ1) is 10.3. The Kier molecular flexibility index (Phi) is 3.13. The van der Waals surface area contributed by atoms with Crippen molar-refractivity contribution in [2.75, 3.05) is 6.54 Å². The second-order valence-electron chi connectivity index (χ2n) is 3.20. The fourth-order valence-electron chi connectivity index (χ4n) is 1.30. The molecule has 0 aliphatic heterocycles. The van der Waals surface area contributed by atoms with E-state index in [1.807, 2.05) is 12.1 Å². The van der Waals surface area contributed by atoms with Crippen LogP contribution in [0.1, 0.15) is 24.9 Å². The van der Waals surface area contributed by atoms with Gasteiger partial charge in [0.2, 0.25) is 0 Å². The van der Waals surface area contributed by atoms with Crippen LogP contribution in [0.2, 0.25) is 0 Å². The maximum absolute atomic E-state index is 5.26. The first-order valence-electron chi connectivity index (χ1n) is 4.92. The highest BCUT2D eigenvalue weighted by Crippen LogP contribution is 2.26. The Morgan fingerprint density at radius 3 is 3.07 bits per heavy atom. The van der Waals surface area contributed by atoms with E-state index in [2.05, 4.69) is 29.4 Å². The van der Waals surface area contributed by atoms with E-state index < -0.39 is 0 Å². The van der Waals surface area contributed by atoms with Crippen LogP contribution in [0.5, 0.6) is 0 Å². The summed E-state index contributed by atoms with van der Waals surface area (Å²) in [6.07, 6.45) is 1.64. The Hall–Kier alpha value is -1.20. The molecule has 2 aromatic heterocycles. The molecule has 0 radical (unpaired) electrons. The molecule has 1 atom stereocenters. The van der Waals surface area contributed by atoms with Crippen molar-refractivity contribution < 1.29 is 4.42 Å². The van der Waals surface area contributed by atoms with Crippen molar-refractivity contribution in [3.05, 3.63) is 23.4 Å². The summed E-state index contributed by atoms with van der Waals surface area (Å²) >= 11 is 1.56. The summed E-state index contributed by atoms with van der Waals surface area (Å²) in [7, 11) is 0. The predicted molar refractivity (Wildman–Crippen MR) is 59.7 cm³/mol. The van der Waals surface area contributed by atoms with Gasteiger partial charge in [0.05, 0.1) is 12.3 Å². The van der Waals surface area contributed by atoms with Gasteiger partial charge in [0.25, 0.3) is 0 Å². The van der Waals surface area contributed by atoms with Crippen LogP contribution in [-0.2, 0) is 0 Å². The second-order valence-corrected chi connectivity index (χ2v) is 4.21. The lowest BCUT2D eigenvalue weighted by atomic mass is 10.3. The van der Waals surface area contributed by atoms with Crippen molar-refractivity contribution in [3.8, 4) is 10.8 Å². The van der Waals surface area contributed by atoms with E-state index in [4.69, 9.17) is 4.42 Å². The lowest BCUT2D eigenvalue weighted by Crippen LogP contribution is -2.17. The van der Waals surface area contributed by atoms with Gasteiger partial charge in [-0.25, -0.2) is 0 Å². The van der Waals surface area contributed by atoms with E-state index in [-0.39, 0.29) is 6.04 Å². The number of furan rings is 1. The molecule has 15 heavy (non-hydrogen) atoms. The summed E-state index contributed by atoms with van der Waals surface area (Å²) in [5, 5.41) is 13.4. The van der Waals surface area contributed by atoms with Gasteiger partial charge >= 0.3 is 0 Å². The lowest BCUT2D eigenvalue weighted by molar-refractivity contribution is 0.579. The van der Waals surface area contributed by atoms with Gasteiger partial charge in [0.1, 0.15) is 5.01 Å². The van der Waals surface area contributed by atoms with Gasteiger partial charge in [-0.2, -0.15) is 0 Å².